The fourth-order valence-electron chi connectivity index (χ4n) is 1.60. The number of carboxylic acid groups (broad SMARTS) is 1. The predicted octanol–water partition coefficient (Wildman–Crippen LogP) is 2.58. The Balaban J connectivity index is 1.91. The maximum Gasteiger partial charge on any atom is 0.315 e. The molecule has 0 atom stereocenters. The van der Waals surface area contributed by atoms with Crippen molar-refractivity contribution in [1.82, 2.24) is 10.6 Å². The lowest BCUT2D eigenvalue weighted by Crippen LogP contribution is -2.35. The molecule has 1 heterocycles. The van der Waals surface area contributed by atoms with Crippen molar-refractivity contribution >= 4 is 23.3 Å². The highest BCUT2D eigenvalue weighted by Gasteiger charge is 2.00. The van der Waals surface area contributed by atoms with Crippen molar-refractivity contribution in [3.05, 3.63) is 22.4 Å². The first kappa shape index (κ1) is 15.5. The highest BCUT2D eigenvalue weighted by atomic mass is 32.1. The third-order valence-electron chi connectivity index (χ3n) is 2.61. The molecule has 1 aromatic rings. The molecule has 5 nitrogen and oxygen atoms in total. The number of aliphatic carboxylic acids is 1. The van der Waals surface area contributed by atoms with Crippen LogP contribution in [0, 0.1) is 0 Å². The molecule has 3 N–H and O–H groups in total. The Morgan fingerprint density at radius 1 is 1.16 bits per heavy atom. The van der Waals surface area contributed by atoms with Gasteiger partial charge in [-0.1, -0.05) is 18.9 Å². The number of amides is 2. The van der Waals surface area contributed by atoms with E-state index in [4.69, 9.17) is 5.11 Å². The van der Waals surface area contributed by atoms with Crippen molar-refractivity contribution < 1.29 is 14.7 Å². The standard InChI is InChI=1S/C13H20N2O3S/c16-12(17)7-3-1-2-4-8-14-13(18)15-10-11-6-5-9-19-11/h5-6,9H,1-4,7-8,10H2,(H,16,17)(H2,14,15,18). The summed E-state index contributed by atoms with van der Waals surface area (Å²) in [6, 6.07) is 3.78. The number of nitrogens with one attached hydrogen (secondary N) is 2. The minimum absolute atomic E-state index is 0.154. The number of hydrogen-bond donors (Lipinski definition) is 3. The van der Waals surface area contributed by atoms with Gasteiger partial charge in [-0.15, -0.1) is 11.3 Å². The molecule has 19 heavy (non-hydrogen) atoms. The molecule has 106 valence electrons. The van der Waals surface area contributed by atoms with Crippen LogP contribution in [0.1, 0.15) is 37.0 Å². The maximum absolute atomic E-state index is 11.4. The van der Waals surface area contributed by atoms with Gasteiger partial charge < -0.3 is 15.7 Å². The van der Waals surface area contributed by atoms with Crippen LogP contribution in [0.15, 0.2) is 17.5 Å². The molecule has 6 heteroatoms. The van der Waals surface area contributed by atoms with Crippen molar-refractivity contribution in [3.8, 4) is 0 Å². The largest absolute Gasteiger partial charge is 0.481 e. The summed E-state index contributed by atoms with van der Waals surface area (Å²) in [5.41, 5.74) is 0. The van der Waals surface area contributed by atoms with Crippen LogP contribution in [0.5, 0.6) is 0 Å². The Hall–Kier alpha value is -1.56. The zero-order valence-corrected chi connectivity index (χ0v) is 11.7. The average molecular weight is 284 g/mol. The molecule has 1 aromatic heterocycles. The minimum Gasteiger partial charge on any atom is -0.481 e. The number of unbranched alkanes of at least 4 members (excludes halogenated alkanes) is 3. The van der Waals surface area contributed by atoms with Crippen molar-refractivity contribution in [2.75, 3.05) is 6.54 Å². The third-order valence-corrected chi connectivity index (χ3v) is 3.48. The van der Waals surface area contributed by atoms with E-state index in [1.807, 2.05) is 17.5 Å². The van der Waals surface area contributed by atoms with Crippen molar-refractivity contribution in [2.24, 2.45) is 0 Å². The van der Waals surface area contributed by atoms with E-state index in [-0.39, 0.29) is 12.5 Å². The Morgan fingerprint density at radius 2 is 1.95 bits per heavy atom. The molecular weight excluding hydrogens is 264 g/mol. The smallest absolute Gasteiger partial charge is 0.315 e. The lowest BCUT2D eigenvalue weighted by atomic mass is 10.1. The first-order valence-corrected chi connectivity index (χ1v) is 7.32. The summed E-state index contributed by atoms with van der Waals surface area (Å²) in [7, 11) is 0. The van der Waals surface area contributed by atoms with Crippen LogP contribution in [0.4, 0.5) is 4.79 Å². The van der Waals surface area contributed by atoms with E-state index >= 15 is 0 Å². The van der Waals surface area contributed by atoms with Gasteiger partial charge in [0.15, 0.2) is 0 Å². The monoisotopic (exact) mass is 284 g/mol. The topological polar surface area (TPSA) is 78.4 Å². The molecule has 0 fully saturated rings. The lowest BCUT2D eigenvalue weighted by molar-refractivity contribution is -0.137. The molecule has 2 amide bonds. The van der Waals surface area contributed by atoms with Gasteiger partial charge in [-0.25, -0.2) is 4.79 Å². The first-order chi connectivity index (χ1) is 9.18. The Kier molecular flexibility index (Phi) is 7.65. The fourth-order valence-corrected chi connectivity index (χ4v) is 2.24. The SMILES string of the molecule is O=C(O)CCCCCCNC(=O)NCc1cccs1. The highest BCUT2D eigenvalue weighted by Crippen LogP contribution is 2.07. The highest BCUT2D eigenvalue weighted by molar-refractivity contribution is 7.09. The number of carbonyl (C=O) groups is 2. The van der Waals surface area contributed by atoms with Crippen molar-refractivity contribution in [1.29, 1.82) is 0 Å². The van der Waals surface area contributed by atoms with Crippen LogP contribution < -0.4 is 10.6 Å². The van der Waals surface area contributed by atoms with Crippen LogP contribution in [0.25, 0.3) is 0 Å². The number of hydrogen-bond acceptors (Lipinski definition) is 3. The summed E-state index contributed by atoms with van der Waals surface area (Å²) >= 11 is 1.61. The Morgan fingerprint density at radius 3 is 2.63 bits per heavy atom. The molecule has 0 aliphatic carbocycles. The summed E-state index contributed by atoms with van der Waals surface area (Å²) in [6.45, 7) is 1.19. The molecule has 0 radical (unpaired) electrons. The van der Waals surface area contributed by atoms with E-state index in [0.29, 0.717) is 19.5 Å². The minimum atomic E-state index is -0.744. The van der Waals surface area contributed by atoms with Crippen LogP contribution >= 0.6 is 11.3 Å². The van der Waals surface area contributed by atoms with Crippen molar-refractivity contribution in [3.63, 3.8) is 0 Å². The van der Waals surface area contributed by atoms with Gasteiger partial charge in [0, 0.05) is 17.8 Å². The van der Waals surface area contributed by atoms with Crippen LogP contribution in [-0.4, -0.2) is 23.7 Å². The number of urea groups is 1. The number of carboxylic acids is 1. The summed E-state index contributed by atoms with van der Waals surface area (Å²) < 4.78 is 0. The van der Waals surface area contributed by atoms with E-state index in [2.05, 4.69) is 10.6 Å². The molecule has 1 rings (SSSR count). The number of rotatable bonds is 9. The summed E-state index contributed by atoms with van der Waals surface area (Å²) in [5, 5.41) is 16.0. The van der Waals surface area contributed by atoms with Gasteiger partial charge in [-0.05, 0) is 24.3 Å². The summed E-state index contributed by atoms with van der Waals surface area (Å²) in [5.74, 6) is -0.744. The van der Waals surface area contributed by atoms with Gasteiger partial charge in [0.2, 0.25) is 0 Å². The molecular formula is C13H20N2O3S. The first-order valence-electron chi connectivity index (χ1n) is 6.44. The van der Waals surface area contributed by atoms with E-state index < -0.39 is 5.97 Å². The van der Waals surface area contributed by atoms with E-state index in [1.54, 1.807) is 11.3 Å². The molecule has 0 spiro atoms. The molecule has 0 aliphatic rings. The van der Waals surface area contributed by atoms with Gasteiger partial charge >= 0.3 is 12.0 Å². The molecule has 0 saturated heterocycles. The van der Waals surface area contributed by atoms with Gasteiger partial charge in [-0.2, -0.15) is 0 Å². The average Bonchev–Trinajstić information content (AvgIpc) is 2.88. The molecule has 0 bridgehead atoms. The van der Waals surface area contributed by atoms with E-state index in [1.165, 1.54) is 0 Å². The van der Waals surface area contributed by atoms with Gasteiger partial charge in [-0.3, -0.25) is 4.79 Å². The van der Waals surface area contributed by atoms with Crippen LogP contribution in [-0.2, 0) is 11.3 Å². The summed E-state index contributed by atoms with van der Waals surface area (Å²) in [4.78, 5) is 22.8. The maximum atomic E-state index is 11.4. The number of thiophene rings is 1. The quantitative estimate of drug-likeness (QED) is 0.610. The lowest BCUT2D eigenvalue weighted by Gasteiger charge is -2.06. The van der Waals surface area contributed by atoms with Crippen LogP contribution in [0.3, 0.4) is 0 Å². The van der Waals surface area contributed by atoms with Gasteiger partial charge in [0.1, 0.15) is 0 Å². The zero-order chi connectivity index (χ0) is 13.9. The van der Waals surface area contributed by atoms with Crippen molar-refractivity contribution in [2.45, 2.75) is 38.6 Å². The van der Waals surface area contributed by atoms with E-state index in [9.17, 15) is 9.59 Å². The van der Waals surface area contributed by atoms with Gasteiger partial charge in [0.05, 0.1) is 6.54 Å². The third kappa shape index (κ3) is 8.20. The van der Waals surface area contributed by atoms with E-state index in [0.717, 1.165) is 24.1 Å². The molecule has 0 aromatic carbocycles. The second-order valence-electron chi connectivity index (χ2n) is 4.25. The Bertz CT molecular complexity index is 379. The second kappa shape index (κ2) is 9.38. The predicted molar refractivity (Wildman–Crippen MR) is 75.3 cm³/mol. The normalized spacial score (nSPS) is 10.1. The fraction of sp³-hybridized carbons (Fsp3) is 0.538. The summed E-state index contributed by atoms with van der Waals surface area (Å²) in [6.07, 6.45) is 3.66. The molecule has 0 aliphatic heterocycles. The molecule has 0 saturated carbocycles. The zero-order valence-electron chi connectivity index (χ0n) is 10.9. The van der Waals surface area contributed by atoms with Gasteiger partial charge in [0.25, 0.3) is 0 Å². The van der Waals surface area contributed by atoms with Crippen LogP contribution in [0.2, 0.25) is 0 Å². The second-order valence-corrected chi connectivity index (χ2v) is 5.28. The molecule has 0 unspecified atom stereocenters. The Labute approximate surface area is 117 Å². The number of carbonyl (C=O) groups excluding carboxylic acids is 1.